The molecule has 0 aliphatic heterocycles. The van der Waals surface area contributed by atoms with E-state index in [0.717, 1.165) is 21.5 Å². The Labute approximate surface area is 108 Å². The summed E-state index contributed by atoms with van der Waals surface area (Å²) in [6, 6.07) is 19.6. The summed E-state index contributed by atoms with van der Waals surface area (Å²) in [6.45, 7) is 0. The Kier molecular flexibility index (Phi) is 2.00. The molecule has 0 saturated carbocycles. The fourth-order valence-electron chi connectivity index (χ4n) is 2.65. The van der Waals surface area contributed by atoms with E-state index in [0.29, 0.717) is 11.0 Å². The summed E-state index contributed by atoms with van der Waals surface area (Å²) in [7, 11) is 0. The number of hydrogen-bond acceptors (Lipinski definition) is 2. The quantitative estimate of drug-likeness (QED) is 0.345. The number of benzene rings is 3. The average molecular weight is 246 g/mol. The minimum Gasteiger partial charge on any atom is -0.422 e. The van der Waals surface area contributed by atoms with Crippen molar-refractivity contribution in [2.45, 2.75) is 0 Å². The summed E-state index contributed by atoms with van der Waals surface area (Å²) in [5, 5.41) is 4.85. The largest absolute Gasteiger partial charge is 0.422 e. The SMILES string of the molecule is O=c1oc2ccc3ccccc3c2c2ccccc12. The standard InChI is InChI=1S/C17H10O2/c18-17-14-8-4-3-7-13(14)16-12-6-2-1-5-11(12)9-10-15(16)19-17/h1-10H. The second-order valence-corrected chi connectivity index (χ2v) is 4.59. The Bertz CT molecular complexity index is 980. The topological polar surface area (TPSA) is 30.2 Å². The number of hydrogen-bond donors (Lipinski definition) is 0. The Balaban J connectivity index is 2.43. The lowest BCUT2D eigenvalue weighted by atomic mass is 10.0. The molecule has 0 amide bonds. The lowest BCUT2D eigenvalue weighted by Gasteiger charge is -2.06. The van der Waals surface area contributed by atoms with E-state index in [1.807, 2.05) is 48.5 Å². The van der Waals surface area contributed by atoms with Crippen LogP contribution in [0.3, 0.4) is 0 Å². The van der Waals surface area contributed by atoms with E-state index in [-0.39, 0.29) is 5.63 Å². The van der Waals surface area contributed by atoms with Gasteiger partial charge in [-0.3, -0.25) is 0 Å². The third-order valence-corrected chi connectivity index (χ3v) is 3.51. The third-order valence-electron chi connectivity index (χ3n) is 3.51. The predicted octanol–water partition coefficient (Wildman–Crippen LogP) is 4.10. The fourth-order valence-corrected chi connectivity index (χ4v) is 2.65. The molecule has 0 radical (unpaired) electrons. The van der Waals surface area contributed by atoms with Crippen molar-refractivity contribution in [1.29, 1.82) is 0 Å². The van der Waals surface area contributed by atoms with E-state index < -0.39 is 0 Å². The second-order valence-electron chi connectivity index (χ2n) is 4.59. The molecule has 0 aliphatic carbocycles. The Morgan fingerprint density at radius 2 is 1.37 bits per heavy atom. The molecule has 0 bridgehead atoms. The van der Waals surface area contributed by atoms with Crippen LogP contribution in [-0.2, 0) is 0 Å². The van der Waals surface area contributed by atoms with Gasteiger partial charge < -0.3 is 4.42 Å². The molecule has 90 valence electrons. The molecule has 2 nitrogen and oxygen atoms in total. The molecule has 1 heterocycles. The van der Waals surface area contributed by atoms with E-state index in [2.05, 4.69) is 12.1 Å². The minimum absolute atomic E-state index is 0.279. The zero-order chi connectivity index (χ0) is 12.8. The predicted molar refractivity (Wildman–Crippen MR) is 77.5 cm³/mol. The fraction of sp³-hybridized carbons (Fsp3) is 0. The summed E-state index contributed by atoms with van der Waals surface area (Å²) in [6.07, 6.45) is 0. The molecule has 0 fully saturated rings. The zero-order valence-corrected chi connectivity index (χ0v) is 10.1. The summed E-state index contributed by atoms with van der Waals surface area (Å²) in [5.74, 6) is 0. The van der Waals surface area contributed by atoms with Gasteiger partial charge in [-0.2, -0.15) is 0 Å². The zero-order valence-electron chi connectivity index (χ0n) is 10.1. The highest BCUT2D eigenvalue weighted by Crippen LogP contribution is 2.30. The molecule has 4 aromatic rings. The van der Waals surface area contributed by atoms with Crippen LogP contribution in [0.1, 0.15) is 0 Å². The van der Waals surface area contributed by atoms with Crippen LogP contribution in [0, 0.1) is 0 Å². The Morgan fingerprint density at radius 1 is 0.684 bits per heavy atom. The van der Waals surface area contributed by atoms with Gasteiger partial charge in [0, 0.05) is 10.8 Å². The molecule has 19 heavy (non-hydrogen) atoms. The molecule has 0 atom stereocenters. The van der Waals surface area contributed by atoms with Gasteiger partial charge in [0.25, 0.3) is 0 Å². The molecule has 0 aliphatic rings. The smallest absolute Gasteiger partial charge is 0.344 e. The summed E-state index contributed by atoms with van der Waals surface area (Å²) in [5.41, 5.74) is 0.362. The van der Waals surface area contributed by atoms with Crippen LogP contribution in [0.4, 0.5) is 0 Å². The summed E-state index contributed by atoms with van der Waals surface area (Å²) in [4.78, 5) is 12.0. The van der Waals surface area contributed by atoms with Gasteiger partial charge in [-0.05, 0) is 22.9 Å². The van der Waals surface area contributed by atoms with Gasteiger partial charge in [-0.15, -0.1) is 0 Å². The van der Waals surface area contributed by atoms with Crippen LogP contribution in [0.25, 0.3) is 32.5 Å². The van der Waals surface area contributed by atoms with E-state index >= 15 is 0 Å². The van der Waals surface area contributed by atoms with Crippen molar-refractivity contribution in [1.82, 2.24) is 0 Å². The van der Waals surface area contributed by atoms with E-state index in [4.69, 9.17) is 4.42 Å². The highest BCUT2D eigenvalue weighted by molar-refractivity contribution is 6.17. The van der Waals surface area contributed by atoms with Crippen molar-refractivity contribution >= 4 is 32.5 Å². The van der Waals surface area contributed by atoms with Gasteiger partial charge in [0.1, 0.15) is 5.58 Å². The Morgan fingerprint density at radius 3 is 2.21 bits per heavy atom. The average Bonchev–Trinajstić information content (AvgIpc) is 2.47. The van der Waals surface area contributed by atoms with E-state index in [1.165, 1.54) is 0 Å². The van der Waals surface area contributed by atoms with Crippen LogP contribution in [-0.4, -0.2) is 0 Å². The maximum atomic E-state index is 12.0. The molecular weight excluding hydrogens is 236 g/mol. The maximum absolute atomic E-state index is 12.0. The normalized spacial score (nSPS) is 11.4. The van der Waals surface area contributed by atoms with Gasteiger partial charge >= 0.3 is 5.63 Å². The second kappa shape index (κ2) is 3.69. The monoisotopic (exact) mass is 246 g/mol. The highest BCUT2D eigenvalue weighted by Gasteiger charge is 2.09. The van der Waals surface area contributed by atoms with E-state index in [1.54, 1.807) is 0 Å². The summed E-state index contributed by atoms with van der Waals surface area (Å²) < 4.78 is 5.43. The summed E-state index contributed by atoms with van der Waals surface area (Å²) >= 11 is 0. The molecule has 3 aromatic carbocycles. The van der Waals surface area contributed by atoms with Crippen LogP contribution in [0.5, 0.6) is 0 Å². The van der Waals surface area contributed by atoms with Crippen molar-refractivity contribution < 1.29 is 4.42 Å². The highest BCUT2D eigenvalue weighted by atomic mass is 16.4. The lowest BCUT2D eigenvalue weighted by Crippen LogP contribution is -1.99. The first-order chi connectivity index (χ1) is 9.34. The van der Waals surface area contributed by atoms with Gasteiger partial charge in [0.2, 0.25) is 0 Å². The molecule has 1 aromatic heterocycles. The Hall–Kier alpha value is -2.61. The van der Waals surface area contributed by atoms with Crippen LogP contribution in [0.2, 0.25) is 0 Å². The van der Waals surface area contributed by atoms with Gasteiger partial charge in [-0.1, -0.05) is 48.5 Å². The van der Waals surface area contributed by atoms with E-state index in [9.17, 15) is 4.79 Å². The molecule has 4 rings (SSSR count). The van der Waals surface area contributed by atoms with Crippen LogP contribution >= 0.6 is 0 Å². The van der Waals surface area contributed by atoms with Crippen LogP contribution in [0.15, 0.2) is 69.9 Å². The minimum atomic E-state index is -0.279. The van der Waals surface area contributed by atoms with Crippen molar-refractivity contribution in [3.8, 4) is 0 Å². The third kappa shape index (κ3) is 1.40. The van der Waals surface area contributed by atoms with Crippen LogP contribution < -0.4 is 5.63 Å². The van der Waals surface area contributed by atoms with Crippen molar-refractivity contribution in [3.05, 3.63) is 71.1 Å². The van der Waals surface area contributed by atoms with Crippen molar-refractivity contribution in [2.75, 3.05) is 0 Å². The van der Waals surface area contributed by atoms with Gasteiger partial charge in [0.05, 0.1) is 5.39 Å². The molecule has 2 heteroatoms. The lowest BCUT2D eigenvalue weighted by molar-refractivity contribution is 0.570. The first-order valence-electron chi connectivity index (χ1n) is 6.18. The molecule has 0 unspecified atom stereocenters. The first kappa shape index (κ1) is 10.3. The number of rotatable bonds is 0. The number of fused-ring (bicyclic) bond motifs is 5. The maximum Gasteiger partial charge on any atom is 0.344 e. The van der Waals surface area contributed by atoms with Crippen molar-refractivity contribution in [3.63, 3.8) is 0 Å². The molecule has 0 N–H and O–H groups in total. The molecular formula is C17H10O2. The van der Waals surface area contributed by atoms with Gasteiger partial charge in [0.15, 0.2) is 0 Å². The first-order valence-corrected chi connectivity index (χ1v) is 6.18. The molecule has 0 spiro atoms. The molecule has 0 saturated heterocycles. The van der Waals surface area contributed by atoms with Crippen molar-refractivity contribution in [2.24, 2.45) is 0 Å². The van der Waals surface area contributed by atoms with Gasteiger partial charge in [-0.25, -0.2) is 4.79 Å².